The molecule has 19 heavy (non-hydrogen) atoms. The van der Waals surface area contributed by atoms with Crippen molar-refractivity contribution in [3.63, 3.8) is 0 Å². The number of anilines is 1. The average molecular weight is 258 g/mol. The van der Waals surface area contributed by atoms with Crippen LogP contribution in [0.4, 0.5) is 5.69 Å². The van der Waals surface area contributed by atoms with Gasteiger partial charge in [-0.25, -0.2) is 0 Å². The summed E-state index contributed by atoms with van der Waals surface area (Å²) < 4.78 is 0. The molecule has 1 aromatic rings. The fourth-order valence-corrected chi connectivity index (χ4v) is 3.60. The first-order valence-electron chi connectivity index (χ1n) is 7.29. The van der Waals surface area contributed by atoms with Crippen LogP contribution in [0.1, 0.15) is 38.2 Å². The number of nitrogens with two attached hydrogens (primary N) is 1. The molecule has 0 saturated heterocycles. The van der Waals surface area contributed by atoms with E-state index in [1.165, 1.54) is 12.0 Å². The second-order valence-electron chi connectivity index (χ2n) is 6.19. The topological polar surface area (TPSA) is 46.3 Å². The second-order valence-corrected chi connectivity index (χ2v) is 6.19. The van der Waals surface area contributed by atoms with Crippen LogP contribution < -0.4 is 10.6 Å². The van der Waals surface area contributed by atoms with Crippen LogP contribution in [-0.2, 0) is 11.2 Å². The van der Waals surface area contributed by atoms with Crippen molar-refractivity contribution in [2.45, 2.75) is 44.6 Å². The highest BCUT2D eigenvalue weighted by Gasteiger charge is 2.42. The highest BCUT2D eigenvalue weighted by molar-refractivity contribution is 6.01. The van der Waals surface area contributed by atoms with E-state index in [0.29, 0.717) is 5.92 Å². The molecule has 0 bridgehead atoms. The van der Waals surface area contributed by atoms with Crippen molar-refractivity contribution >= 4 is 11.6 Å². The molecule has 0 aromatic heterocycles. The van der Waals surface area contributed by atoms with Gasteiger partial charge in [-0.15, -0.1) is 0 Å². The zero-order valence-corrected chi connectivity index (χ0v) is 11.6. The Morgan fingerprint density at radius 1 is 1.42 bits per heavy atom. The van der Waals surface area contributed by atoms with E-state index in [9.17, 15) is 4.79 Å². The van der Waals surface area contributed by atoms with Gasteiger partial charge in [0.05, 0.1) is 5.54 Å². The number of hydrogen-bond donors (Lipinski definition) is 1. The number of para-hydroxylation sites is 1. The number of carbonyl (C=O) groups is 1. The van der Waals surface area contributed by atoms with Gasteiger partial charge >= 0.3 is 0 Å². The van der Waals surface area contributed by atoms with Gasteiger partial charge in [0.25, 0.3) is 0 Å². The molecule has 2 aliphatic rings. The Bertz CT molecular complexity index is 499. The quantitative estimate of drug-likeness (QED) is 0.841. The Morgan fingerprint density at radius 2 is 2.21 bits per heavy atom. The number of hydrogen-bond acceptors (Lipinski definition) is 2. The Morgan fingerprint density at radius 3 is 3.00 bits per heavy atom. The van der Waals surface area contributed by atoms with Gasteiger partial charge in [0.2, 0.25) is 5.91 Å². The largest absolute Gasteiger partial charge is 0.317 e. The highest BCUT2D eigenvalue weighted by atomic mass is 16.2. The van der Waals surface area contributed by atoms with Crippen LogP contribution in [0, 0.1) is 5.92 Å². The minimum atomic E-state index is -0.644. The van der Waals surface area contributed by atoms with Gasteiger partial charge in [0.1, 0.15) is 0 Å². The number of nitrogens with zero attached hydrogens (tertiary/aromatic N) is 1. The van der Waals surface area contributed by atoms with Crippen molar-refractivity contribution in [1.29, 1.82) is 0 Å². The smallest absolute Gasteiger partial charge is 0.247 e. The van der Waals surface area contributed by atoms with Gasteiger partial charge < -0.3 is 10.6 Å². The maximum Gasteiger partial charge on any atom is 0.247 e. The monoisotopic (exact) mass is 258 g/mol. The van der Waals surface area contributed by atoms with E-state index >= 15 is 0 Å². The molecular weight excluding hydrogens is 236 g/mol. The van der Waals surface area contributed by atoms with E-state index in [0.717, 1.165) is 37.9 Å². The second kappa shape index (κ2) is 4.64. The van der Waals surface area contributed by atoms with Gasteiger partial charge in [0, 0.05) is 12.2 Å². The third-order valence-electron chi connectivity index (χ3n) is 4.59. The van der Waals surface area contributed by atoms with Crippen molar-refractivity contribution in [3.05, 3.63) is 29.8 Å². The predicted octanol–water partition coefficient (Wildman–Crippen LogP) is 2.48. The molecule has 2 unspecified atom stereocenters. The molecule has 2 N–H and O–H groups in total. The maximum absolute atomic E-state index is 12.8. The van der Waals surface area contributed by atoms with Crippen LogP contribution in [0.25, 0.3) is 0 Å². The minimum absolute atomic E-state index is 0.129. The lowest BCUT2D eigenvalue weighted by atomic mass is 9.76. The van der Waals surface area contributed by atoms with Gasteiger partial charge in [-0.1, -0.05) is 38.0 Å². The summed E-state index contributed by atoms with van der Waals surface area (Å²) in [6.07, 6.45) is 4.87. The molecule has 1 aromatic carbocycles. The van der Waals surface area contributed by atoms with Crippen LogP contribution in [0.3, 0.4) is 0 Å². The summed E-state index contributed by atoms with van der Waals surface area (Å²) in [5.74, 6) is 0.685. The average Bonchev–Trinajstić information content (AvgIpc) is 2.81. The first kappa shape index (κ1) is 12.7. The lowest BCUT2D eigenvalue weighted by Gasteiger charge is -2.38. The summed E-state index contributed by atoms with van der Waals surface area (Å²) in [5.41, 5.74) is 8.13. The van der Waals surface area contributed by atoms with E-state index in [2.05, 4.69) is 13.0 Å². The number of carbonyl (C=O) groups excluding carboxylic acids is 1. The molecule has 2 atom stereocenters. The van der Waals surface area contributed by atoms with E-state index in [1.807, 2.05) is 23.1 Å². The number of benzene rings is 1. The minimum Gasteiger partial charge on any atom is -0.317 e. The fraction of sp³-hybridized carbons (Fsp3) is 0.562. The van der Waals surface area contributed by atoms with Gasteiger partial charge in [-0.3, -0.25) is 4.79 Å². The van der Waals surface area contributed by atoms with E-state index in [1.54, 1.807) is 0 Å². The number of amides is 1. The zero-order valence-electron chi connectivity index (χ0n) is 11.6. The molecule has 3 heteroatoms. The summed E-state index contributed by atoms with van der Waals surface area (Å²) in [6, 6.07) is 8.18. The SMILES string of the molecule is CC1CCCC(N)(C(=O)N2CCc3ccccc32)C1. The maximum atomic E-state index is 12.8. The van der Waals surface area contributed by atoms with Crippen LogP contribution in [0.15, 0.2) is 24.3 Å². The Hall–Kier alpha value is -1.35. The molecule has 1 aliphatic carbocycles. The molecule has 1 fully saturated rings. The highest BCUT2D eigenvalue weighted by Crippen LogP contribution is 2.35. The van der Waals surface area contributed by atoms with Crippen molar-refractivity contribution in [1.82, 2.24) is 0 Å². The Kier molecular flexibility index (Phi) is 3.09. The van der Waals surface area contributed by atoms with E-state index in [-0.39, 0.29) is 5.91 Å². The molecule has 1 aliphatic heterocycles. The third kappa shape index (κ3) is 2.16. The predicted molar refractivity (Wildman–Crippen MR) is 77.0 cm³/mol. The third-order valence-corrected chi connectivity index (χ3v) is 4.59. The zero-order chi connectivity index (χ0) is 13.5. The fourth-order valence-electron chi connectivity index (χ4n) is 3.60. The number of rotatable bonds is 1. The normalized spacial score (nSPS) is 30.2. The Labute approximate surface area is 114 Å². The van der Waals surface area contributed by atoms with E-state index < -0.39 is 5.54 Å². The summed E-state index contributed by atoms with van der Waals surface area (Å²) in [7, 11) is 0. The van der Waals surface area contributed by atoms with Gasteiger partial charge in [-0.2, -0.15) is 0 Å². The van der Waals surface area contributed by atoms with Gasteiger partial charge in [-0.05, 0) is 36.8 Å². The van der Waals surface area contributed by atoms with Crippen LogP contribution in [0.5, 0.6) is 0 Å². The lowest BCUT2D eigenvalue weighted by molar-refractivity contribution is -0.125. The molecule has 0 radical (unpaired) electrons. The number of fused-ring (bicyclic) bond motifs is 1. The van der Waals surface area contributed by atoms with Crippen LogP contribution in [-0.4, -0.2) is 18.0 Å². The van der Waals surface area contributed by atoms with Crippen molar-refractivity contribution in [2.75, 3.05) is 11.4 Å². The van der Waals surface area contributed by atoms with Crippen LogP contribution >= 0.6 is 0 Å². The van der Waals surface area contributed by atoms with Crippen molar-refractivity contribution in [2.24, 2.45) is 11.7 Å². The van der Waals surface area contributed by atoms with Crippen molar-refractivity contribution < 1.29 is 4.79 Å². The molecule has 1 heterocycles. The molecular formula is C16H22N2O. The van der Waals surface area contributed by atoms with Gasteiger partial charge in [0.15, 0.2) is 0 Å². The summed E-state index contributed by atoms with van der Waals surface area (Å²) >= 11 is 0. The summed E-state index contributed by atoms with van der Waals surface area (Å²) in [4.78, 5) is 14.7. The molecule has 102 valence electrons. The standard InChI is InChI=1S/C16H22N2O/c1-12-5-4-9-16(17,11-12)15(19)18-10-8-13-6-2-3-7-14(13)18/h2-3,6-7,12H,4-5,8-11,17H2,1H3. The molecule has 1 saturated carbocycles. The molecule has 1 amide bonds. The van der Waals surface area contributed by atoms with Crippen LogP contribution in [0.2, 0.25) is 0 Å². The Balaban J connectivity index is 1.85. The molecule has 3 nitrogen and oxygen atoms in total. The lowest BCUT2D eigenvalue weighted by Crippen LogP contribution is -2.57. The van der Waals surface area contributed by atoms with Crippen molar-refractivity contribution in [3.8, 4) is 0 Å². The van der Waals surface area contributed by atoms with E-state index in [4.69, 9.17) is 5.73 Å². The molecule has 0 spiro atoms. The molecule has 3 rings (SSSR count). The first-order chi connectivity index (χ1) is 9.10. The summed E-state index contributed by atoms with van der Waals surface area (Å²) in [5, 5.41) is 0. The first-order valence-corrected chi connectivity index (χ1v) is 7.29. The summed E-state index contributed by atoms with van der Waals surface area (Å²) in [6.45, 7) is 2.98.